The molecule has 70 valence electrons. The summed E-state index contributed by atoms with van der Waals surface area (Å²) in [5.74, 6) is 2.01. The van der Waals surface area contributed by atoms with Crippen molar-refractivity contribution in [3.63, 3.8) is 0 Å². The standard InChI is InChI=1S/C11H21N/c1-8(2)12-7-9(3)6-11(12)10-4-5-10/h8-11H,4-7H2,1-3H3/t9-,11-/m1/s1. The summed E-state index contributed by atoms with van der Waals surface area (Å²) in [6, 6.07) is 1.71. The van der Waals surface area contributed by atoms with Gasteiger partial charge in [0, 0.05) is 18.6 Å². The van der Waals surface area contributed by atoms with Crippen molar-refractivity contribution < 1.29 is 0 Å². The third kappa shape index (κ3) is 1.52. The van der Waals surface area contributed by atoms with Gasteiger partial charge in [-0.25, -0.2) is 0 Å². The van der Waals surface area contributed by atoms with Gasteiger partial charge in [0.25, 0.3) is 0 Å². The van der Waals surface area contributed by atoms with Gasteiger partial charge in [0.1, 0.15) is 0 Å². The molecule has 0 N–H and O–H groups in total. The quantitative estimate of drug-likeness (QED) is 0.611. The topological polar surface area (TPSA) is 3.24 Å². The molecule has 1 heterocycles. The van der Waals surface area contributed by atoms with E-state index in [1.54, 1.807) is 0 Å². The third-order valence-electron chi connectivity index (χ3n) is 3.42. The van der Waals surface area contributed by atoms with Crippen molar-refractivity contribution in [1.29, 1.82) is 0 Å². The molecule has 0 aromatic carbocycles. The zero-order valence-electron chi connectivity index (χ0n) is 8.59. The lowest BCUT2D eigenvalue weighted by atomic mass is 10.0. The molecule has 0 aromatic heterocycles. The molecule has 1 aliphatic carbocycles. The van der Waals surface area contributed by atoms with Gasteiger partial charge in [-0.15, -0.1) is 0 Å². The molecule has 1 aliphatic heterocycles. The van der Waals surface area contributed by atoms with Crippen LogP contribution in [0.3, 0.4) is 0 Å². The minimum absolute atomic E-state index is 0.764. The Morgan fingerprint density at radius 3 is 2.42 bits per heavy atom. The highest BCUT2D eigenvalue weighted by Crippen LogP contribution is 2.42. The summed E-state index contributed by atoms with van der Waals surface area (Å²) in [5.41, 5.74) is 0. The molecule has 1 saturated carbocycles. The van der Waals surface area contributed by atoms with E-state index in [4.69, 9.17) is 0 Å². The van der Waals surface area contributed by atoms with Crippen LogP contribution in [0.2, 0.25) is 0 Å². The number of hydrogen-bond acceptors (Lipinski definition) is 1. The molecule has 0 spiro atoms. The molecule has 2 fully saturated rings. The maximum atomic E-state index is 2.72. The van der Waals surface area contributed by atoms with Crippen LogP contribution in [0.1, 0.15) is 40.0 Å². The second kappa shape index (κ2) is 3.02. The van der Waals surface area contributed by atoms with Crippen LogP contribution < -0.4 is 0 Å². The van der Waals surface area contributed by atoms with Gasteiger partial charge in [0.15, 0.2) is 0 Å². The van der Waals surface area contributed by atoms with Gasteiger partial charge in [-0.2, -0.15) is 0 Å². The van der Waals surface area contributed by atoms with Crippen LogP contribution in [0, 0.1) is 11.8 Å². The summed E-state index contributed by atoms with van der Waals surface area (Å²) in [4.78, 5) is 2.72. The summed E-state index contributed by atoms with van der Waals surface area (Å²) < 4.78 is 0. The molecule has 0 aromatic rings. The van der Waals surface area contributed by atoms with Gasteiger partial charge in [-0.05, 0) is 44.9 Å². The molecule has 1 heteroatoms. The van der Waals surface area contributed by atoms with Crippen molar-refractivity contribution in [2.45, 2.75) is 52.1 Å². The first kappa shape index (κ1) is 8.55. The molecular weight excluding hydrogens is 146 g/mol. The fourth-order valence-corrected chi connectivity index (χ4v) is 2.66. The van der Waals surface area contributed by atoms with E-state index < -0.39 is 0 Å². The first-order valence-corrected chi connectivity index (χ1v) is 5.44. The van der Waals surface area contributed by atoms with Crippen molar-refractivity contribution in [1.82, 2.24) is 4.90 Å². The molecule has 0 unspecified atom stereocenters. The van der Waals surface area contributed by atoms with Crippen LogP contribution in [-0.4, -0.2) is 23.5 Å². The van der Waals surface area contributed by atoms with E-state index in [9.17, 15) is 0 Å². The minimum atomic E-state index is 0.764. The molecule has 1 nitrogen and oxygen atoms in total. The van der Waals surface area contributed by atoms with Crippen molar-refractivity contribution in [3.05, 3.63) is 0 Å². The maximum absolute atomic E-state index is 2.72. The van der Waals surface area contributed by atoms with Gasteiger partial charge in [-0.1, -0.05) is 6.92 Å². The summed E-state index contributed by atoms with van der Waals surface area (Å²) in [7, 11) is 0. The van der Waals surface area contributed by atoms with Crippen LogP contribution in [0.15, 0.2) is 0 Å². The zero-order valence-corrected chi connectivity index (χ0v) is 8.59. The molecule has 12 heavy (non-hydrogen) atoms. The summed E-state index contributed by atoms with van der Waals surface area (Å²) in [6.45, 7) is 8.43. The molecule has 2 rings (SSSR count). The Bertz CT molecular complexity index is 150. The van der Waals surface area contributed by atoms with E-state index >= 15 is 0 Å². The second-order valence-corrected chi connectivity index (χ2v) is 5.04. The van der Waals surface area contributed by atoms with E-state index in [-0.39, 0.29) is 0 Å². The lowest BCUT2D eigenvalue weighted by Gasteiger charge is -2.28. The minimum Gasteiger partial charge on any atom is -0.297 e. The average molecular weight is 167 g/mol. The monoisotopic (exact) mass is 167 g/mol. The molecule has 0 bridgehead atoms. The molecule has 2 atom stereocenters. The van der Waals surface area contributed by atoms with Crippen LogP contribution in [-0.2, 0) is 0 Å². The van der Waals surface area contributed by atoms with Gasteiger partial charge >= 0.3 is 0 Å². The Labute approximate surface area is 76.1 Å². The van der Waals surface area contributed by atoms with Crippen molar-refractivity contribution in [2.24, 2.45) is 11.8 Å². The third-order valence-corrected chi connectivity index (χ3v) is 3.42. The van der Waals surface area contributed by atoms with Gasteiger partial charge in [-0.3, -0.25) is 4.90 Å². The van der Waals surface area contributed by atoms with Gasteiger partial charge in [0.05, 0.1) is 0 Å². The average Bonchev–Trinajstić information content (AvgIpc) is 2.75. The molecule has 2 aliphatic rings. The normalized spacial score (nSPS) is 38.0. The molecule has 1 saturated heterocycles. The Hall–Kier alpha value is -0.0400. The Morgan fingerprint density at radius 2 is 1.92 bits per heavy atom. The highest BCUT2D eigenvalue weighted by Gasteiger charge is 2.41. The highest BCUT2D eigenvalue weighted by atomic mass is 15.2. The van der Waals surface area contributed by atoms with E-state index in [0.29, 0.717) is 0 Å². The lowest BCUT2D eigenvalue weighted by Crippen LogP contribution is -2.36. The lowest BCUT2D eigenvalue weighted by molar-refractivity contribution is 0.184. The van der Waals surface area contributed by atoms with Crippen molar-refractivity contribution in [3.8, 4) is 0 Å². The molecule has 0 radical (unpaired) electrons. The number of rotatable bonds is 2. The van der Waals surface area contributed by atoms with Crippen LogP contribution in [0.5, 0.6) is 0 Å². The maximum Gasteiger partial charge on any atom is 0.0129 e. The van der Waals surface area contributed by atoms with E-state index in [0.717, 1.165) is 23.9 Å². The van der Waals surface area contributed by atoms with Crippen molar-refractivity contribution >= 4 is 0 Å². The van der Waals surface area contributed by atoms with Gasteiger partial charge < -0.3 is 0 Å². The Morgan fingerprint density at radius 1 is 1.25 bits per heavy atom. The van der Waals surface area contributed by atoms with E-state index in [1.807, 2.05) is 0 Å². The smallest absolute Gasteiger partial charge is 0.0129 e. The fraction of sp³-hybridized carbons (Fsp3) is 1.00. The van der Waals surface area contributed by atoms with Gasteiger partial charge in [0.2, 0.25) is 0 Å². The predicted molar refractivity (Wildman–Crippen MR) is 52.1 cm³/mol. The van der Waals surface area contributed by atoms with E-state index in [1.165, 1.54) is 25.8 Å². The first-order chi connectivity index (χ1) is 5.68. The molecule has 0 amide bonds. The Balaban J connectivity index is 1.99. The van der Waals surface area contributed by atoms with Crippen LogP contribution in [0.4, 0.5) is 0 Å². The predicted octanol–water partition coefficient (Wildman–Crippen LogP) is 2.52. The highest BCUT2D eigenvalue weighted by molar-refractivity contribution is 4.95. The number of nitrogens with zero attached hydrogens (tertiary/aromatic N) is 1. The SMILES string of the molecule is CC(C)N1C[C@H](C)C[C@@H]1C1CC1. The first-order valence-electron chi connectivity index (χ1n) is 5.44. The summed E-state index contributed by atoms with van der Waals surface area (Å²) >= 11 is 0. The largest absolute Gasteiger partial charge is 0.297 e. The number of hydrogen-bond donors (Lipinski definition) is 0. The van der Waals surface area contributed by atoms with Crippen LogP contribution >= 0.6 is 0 Å². The summed E-state index contributed by atoms with van der Waals surface area (Å²) in [5, 5.41) is 0. The van der Waals surface area contributed by atoms with E-state index in [2.05, 4.69) is 25.7 Å². The van der Waals surface area contributed by atoms with Crippen LogP contribution in [0.25, 0.3) is 0 Å². The number of likely N-dealkylation sites (tertiary alicyclic amines) is 1. The Kier molecular flexibility index (Phi) is 2.16. The summed E-state index contributed by atoms with van der Waals surface area (Å²) in [6.07, 6.45) is 4.46. The second-order valence-electron chi connectivity index (χ2n) is 5.04. The zero-order chi connectivity index (χ0) is 8.72. The molecular formula is C11H21N. The van der Waals surface area contributed by atoms with Crippen molar-refractivity contribution in [2.75, 3.05) is 6.54 Å². The fourth-order valence-electron chi connectivity index (χ4n) is 2.66.